The highest BCUT2D eigenvalue weighted by Crippen LogP contribution is 2.30. The molecule has 1 atom stereocenters. The van der Waals surface area contributed by atoms with Gasteiger partial charge in [0.15, 0.2) is 0 Å². The van der Waals surface area contributed by atoms with Crippen LogP contribution in [0.1, 0.15) is 17.9 Å². The molecule has 1 aliphatic carbocycles. The molecule has 0 saturated heterocycles. The van der Waals surface area contributed by atoms with E-state index in [4.69, 9.17) is 0 Å². The summed E-state index contributed by atoms with van der Waals surface area (Å²) in [6.45, 7) is 0. The summed E-state index contributed by atoms with van der Waals surface area (Å²) < 4.78 is 1.30. The third-order valence-electron chi connectivity index (χ3n) is 3.44. The summed E-state index contributed by atoms with van der Waals surface area (Å²) >= 11 is 2.41. The molecule has 2 aromatic carbocycles. The van der Waals surface area contributed by atoms with Crippen molar-refractivity contribution in [2.45, 2.75) is 12.3 Å². The second kappa shape index (κ2) is 5.74. The summed E-state index contributed by atoms with van der Waals surface area (Å²) in [4.78, 5) is 0. The van der Waals surface area contributed by atoms with Crippen LogP contribution in [0.2, 0.25) is 0 Å². The van der Waals surface area contributed by atoms with E-state index in [-0.39, 0.29) is 0 Å². The van der Waals surface area contributed by atoms with Gasteiger partial charge in [-0.05, 0) is 57.8 Å². The van der Waals surface area contributed by atoms with E-state index in [9.17, 15) is 0 Å². The number of rotatable bonds is 2. The fraction of sp³-hybridized carbons (Fsp3) is 0.111. The van der Waals surface area contributed by atoms with E-state index in [1.54, 1.807) is 0 Å². The molecule has 0 nitrogen and oxygen atoms in total. The number of hydrogen-bond acceptors (Lipinski definition) is 0. The van der Waals surface area contributed by atoms with Crippen LogP contribution < -0.4 is 0 Å². The maximum Gasteiger partial charge on any atom is 0.0139 e. The fourth-order valence-corrected chi connectivity index (χ4v) is 3.15. The van der Waals surface area contributed by atoms with Crippen LogP contribution in [0.5, 0.6) is 0 Å². The number of allylic oxidation sites excluding steroid dienone is 4. The van der Waals surface area contributed by atoms with Crippen LogP contribution in [0.3, 0.4) is 0 Å². The predicted octanol–water partition coefficient (Wildman–Crippen LogP) is 5.56. The Kier molecular flexibility index (Phi) is 3.83. The van der Waals surface area contributed by atoms with Crippen molar-refractivity contribution in [2.24, 2.45) is 0 Å². The molecular formula is C18H15I. The Morgan fingerprint density at radius 3 is 2.47 bits per heavy atom. The lowest BCUT2D eigenvalue weighted by molar-refractivity contribution is 0.853. The molecule has 1 heteroatoms. The van der Waals surface area contributed by atoms with Crippen LogP contribution in [-0.4, -0.2) is 0 Å². The molecule has 0 aromatic heterocycles. The van der Waals surface area contributed by atoms with Crippen LogP contribution in [-0.2, 0) is 0 Å². The molecule has 1 unspecified atom stereocenters. The van der Waals surface area contributed by atoms with E-state index in [1.807, 2.05) is 0 Å². The van der Waals surface area contributed by atoms with Gasteiger partial charge in [-0.25, -0.2) is 0 Å². The van der Waals surface area contributed by atoms with E-state index in [0.717, 1.165) is 6.42 Å². The van der Waals surface area contributed by atoms with Crippen LogP contribution >= 0.6 is 22.6 Å². The van der Waals surface area contributed by atoms with Crippen molar-refractivity contribution in [3.8, 4) is 11.1 Å². The molecule has 0 heterocycles. The summed E-state index contributed by atoms with van der Waals surface area (Å²) in [6.07, 6.45) is 9.91. The first-order valence-corrected chi connectivity index (χ1v) is 7.60. The quantitative estimate of drug-likeness (QED) is 0.617. The maximum atomic E-state index is 2.41. The molecule has 19 heavy (non-hydrogen) atoms. The standard InChI is InChI=1S/C18H15I/c19-18-12-16(14-7-3-1-4-8-14)11-17(13-18)15-9-5-2-6-10-15/h1-9,11-13,15H,10H2. The van der Waals surface area contributed by atoms with E-state index < -0.39 is 0 Å². The van der Waals surface area contributed by atoms with Gasteiger partial charge in [0.1, 0.15) is 0 Å². The third-order valence-corrected chi connectivity index (χ3v) is 4.06. The van der Waals surface area contributed by atoms with E-state index in [2.05, 4.69) is 95.4 Å². The van der Waals surface area contributed by atoms with Gasteiger partial charge in [-0.15, -0.1) is 0 Å². The minimum absolute atomic E-state index is 0.516. The zero-order valence-electron chi connectivity index (χ0n) is 10.6. The first kappa shape index (κ1) is 12.7. The summed E-state index contributed by atoms with van der Waals surface area (Å²) in [6, 6.07) is 17.5. The van der Waals surface area contributed by atoms with Gasteiger partial charge in [0, 0.05) is 9.49 Å². The highest BCUT2D eigenvalue weighted by molar-refractivity contribution is 14.1. The molecule has 0 aliphatic heterocycles. The van der Waals surface area contributed by atoms with Crippen LogP contribution in [0.4, 0.5) is 0 Å². The molecule has 0 saturated carbocycles. The van der Waals surface area contributed by atoms with Crippen molar-refractivity contribution in [1.82, 2.24) is 0 Å². The summed E-state index contributed by atoms with van der Waals surface area (Å²) in [5.41, 5.74) is 4.01. The van der Waals surface area contributed by atoms with Gasteiger partial charge in [-0.2, -0.15) is 0 Å². The Bertz CT molecular complexity index is 623. The topological polar surface area (TPSA) is 0 Å². The van der Waals surface area contributed by atoms with Crippen molar-refractivity contribution in [3.05, 3.63) is 82.0 Å². The molecular weight excluding hydrogens is 343 g/mol. The van der Waals surface area contributed by atoms with Crippen molar-refractivity contribution < 1.29 is 0 Å². The first-order valence-electron chi connectivity index (χ1n) is 6.52. The van der Waals surface area contributed by atoms with Crippen molar-refractivity contribution >= 4 is 22.6 Å². The Balaban J connectivity index is 2.01. The first-order chi connectivity index (χ1) is 9.33. The summed E-state index contributed by atoms with van der Waals surface area (Å²) in [5.74, 6) is 0.516. The normalized spacial score (nSPS) is 17.6. The minimum Gasteiger partial charge on any atom is -0.0836 e. The van der Waals surface area contributed by atoms with Gasteiger partial charge in [0.2, 0.25) is 0 Å². The molecule has 0 fully saturated rings. The SMILES string of the molecule is Ic1cc(-c2ccccc2)cc(C2C=CC=CC2)c1. The molecule has 0 spiro atoms. The second-order valence-electron chi connectivity index (χ2n) is 4.79. The summed E-state index contributed by atoms with van der Waals surface area (Å²) in [5, 5.41) is 0. The van der Waals surface area contributed by atoms with Crippen molar-refractivity contribution in [1.29, 1.82) is 0 Å². The predicted molar refractivity (Wildman–Crippen MR) is 90.2 cm³/mol. The summed E-state index contributed by atoms with van der Waals surface area (Å²) in [7, 11) is 0. The van der Waals surface area contributed by atoms with Gasteiger partial charge in [0.25, 0.3) is 0 Å². The van der Waals surface area contributed by atoms with E-state index in [1.165, 1.54) is 20.3 Å². The molecule has 94 valence electrons. The van der Waals surface area contributed by atoms with Crippen molar-refractivity contribution in [2.75, 3.05) is 0 Å². The highest BCUT2D eigenvalue weighted by atomic mass is 127. The average molecular weight is 358 g/mol. The Hall–Kier alpha value is -1.35. The van der Waals surface area contributed by atoms with Gasteiger partial charge in [0.05, 0.1) is 0 Å². The molecule has 1 aliphatic rings. The fourth-order valence-electron chi connectivity index (χ4n) is 2.45. The molecule has 0 N–H and O–H groups in total. The van der Waals surface area contributed by atoms with Gasteiger partial charge >= 0.3 is 0 Å². The maximum absolute atomic E-state index is 2.41. The Labute approximate surface area is 128 Å². The van der Waals surface area contributed by atoms with Crippen LogP contribution in [0.25, 0.3) is 11.1 Å². The van der Waals surface area contributed by atoms with E-state index >= 15 is 0 Å². The zero-order valence-corrected chi connectivity index (χ0v) is 12.7. The molecule has 3 rings (SSSR count). The smallest absolute Gasteiger partial charge is 0.0139 e. The van der Waals surface area contributed by atoms with Gasteiger partial charge in [-0.1, -0.05) is 60.7 Å². The van der Waals surface area contributed by atoms with Gasteiger partial charge < -0.3 is 0 Å². The minimum atomic E-state index is 0.516. The van der Waals surface area contributed by atoms with Gasteiger partial charge in [-0.3, -0.25) is 0 Å². The molecule has 0 bridgehead atoms. The number of halogens is 1. The van der Waals surface area contributed by atoms with Crippen LogP contribution in [0, 0.1) is 3.57 Å². The molecule has 0 amide bonds. The Morgan fingerprint density at radius 2 is 1.74 bits per heavy atom. The molecule has 2 aromatic rings. The lowest BCUT2D eigenvalue weighted by Gasteiger charge is -2.15. The second-order valence-corrected chi connectivity index (χ2v) is 6.04. The largest absolute Gasteiger partial charge is 0.0836 e. The lowest BCUT2D eigenvalue weighted by atomic mass is 9.90. The third kappa shape index (κ3) is 2.98. The monoisotopic (exact) mass is 358 g/mol. The number of benzene rings is 2. The van der Waals surface area contributed by atoms with Crippen molar-refractivity contribution in [3.63, 3.8) is 0 Å². The van der Waals surface area contributed by atoms with Crippen LogP contribution in [0.15, 0.2) is 72.8 Å². The highest BCUT2D eigenvalue weighted by Gasteiger charge is 2.10. The Morgan fingerprint density at radius 1 is 0.895 bits per heavy atom. The lowest BCUT2D eigenvalue weighted by Crippen LogP contribution is -1.97. The number of hydrogen-bond donors (Lipinski definition) is 0. The molecule has 0 radical (unpaired) electrons. The van der Waals surface area contributed by atoms with E-state index in [0.29, 0.717) is 5.92 Å². The zero-order chi connectivity index (χ0) is 13.1. The average Bonchev–Trinajstić information content (AvgIpc) is 2.48.